The van der Waals surface area contributed by atoms with Crippen molar-refractivity contribution in [1.82, 2.24) is 34.9 Å². The maximum atomic E-state index is 11.2. The van der Waals surface area contributed by atoms with E-state index in [1.807, 2.05) is 10.7 Å². The Morgan fingerprint density at radius 2 is 2.29 bits per heavy atom. The molecule has 4 heterocycles. The fourth-order valence-electron chi connectivity index (χ4n) is 4.01. The Labute approximate surface area is 164 Å². The van der Waals surface area contributed by atoms with Gasteiger partial charge in [0.15, 0.2) is 5.65 Å². The minimum atomic E-state index is -0.0266. The Kier molecular flexibility index (Phi) is 5.38. The molecular weight excluding hydrogens is 354 g/mol. The number of carbonyl (C=O) groups excluding carboxylic acids is 1. The van der Waals surface area contributed by atoms with Gasteiger partial charge in [-0.2, -0.15) is 5.10 Å². The van der Waals surface area contributed by atoms with Gasteiger partial charge in [-0.05, 0) is 38.4 Å². The van der Waals surface area contributed by atoms with Crippen LogP contribution in [0.15, 0.2) is 24.7 Å². The third-order valence-corrected chi connectivity index (χ3v) is 5.43. The van der Waals surface area contributed by atoms with Gasteiger partial charge in [0, 0.05) is 49.8 Å². The monoisotopic (exact) mass is 381 g/mol. The number of likely N-dealkylation sites (tertiary alicyclic amines) is 1. The van der Waals surface area contributed by atoms with Gasteiger partial charge in [-0.25, -0.2) is 14.6 Å². The SMILES string of the molecule is CC(=O)NCCn1nc([C@@H]2CCCN(Cc3nc[nH]c3C)C2)c2cccnc21. The number of hydrogen-bond acceptors (Lipinski definition) is 5. The van der Waals surface area contributed by atoms with Crippen molar-refractivity contribution in [3.8, 4) is 0 Å². The van der Waals surface area contributed by atoms with E-state index in [1.54, 1.807) is 12.5 Å². The van der Waals surface area contributed by atoms with Crippen LogP contribution in [0, 0.1) is 6.92 Å². The first kappa shape index (κ1) is 18.6. The van der Waals surface area contributed by atoms with Gasteiger partial charge >= 0.3 is 0 Å². The molecule has 1 aliphatic heterocycles. The minimum Gasteiger partial charge on any atom is -0.354 e. The first-order valence-electron chi connectivity index (χ1n) is 9.89. The molecule has 1 saturated heterocycles. The average Bonchev–Trinajstić information content (AvgIpc) is 3.26. The van der Waals surface area contributed by atoms with E-state index in [0.29, 0.717) is 19.0 Å². The van der Waals surface area contributed by atoms with Gasteiger partial charge in [-0.3, -0.25) is 9.69 Å². The highest BCUT2D eigenvalue weighted by molar-refractivity contribution is 5.79. The lowest BCUT2D eigenvalue weighted by atomic mass is 9.93. The Hall–Kier alpha value is -2.74. The molecule has 4 rings (SSSR count). The van der Waals surface area contributed by atoms with Gasteiger partial charge in [0.25, 0.3) is 0 Å². The van der Waals surface area contributed by atoms with Crippen LogP contribution >= 0.6 is 0 Å². The molecular formula is C20H27N7O. The van der Waals surface area contributed by atoms with Crippen LogP contribution in [0.3, 0.4) is 0 Å². The molecule has 3 aromatic rings. The Morgan fingerprint density at radius 1 is 1.39 bits per heavy atom. The van der Waals surface area contributed by atoms with Gasteiger partial charge in [0.05, 0.1) is 24.3 Å². The lowest BCUT2D eigenvalue weighted by molar-refractivity contribution is -0.118. The standard InChI is InChI=1S/C20H27N7O/c1-14-18(24-13-23-14)12-26-9-4-5-16(11-26)19-17-6-3-7-22-20(17)27(25-19)10-8-21-15(2)28/h3,6-7,13,16H,4-5,8-12H2,1-2H3,(H,21,28)(H,23,24)/t16-/m1/s1. The maximum Gasteiger partial charge on any atom is 0.216 e. The molecule has 3 aromatic heterocycles. The van der Waals surface area contributed by atoms with Crippen molar-refractivity contribution in [2.75, 3.05) is 19.6 Å². The summed E-state index contributed by atoms with van der Waals surface area (Å²) < 4.78 is 1.93. The van der Waals surface area contributed by atoms with Crippen molar-refractivity contribution in [1.29, 1.82) is 0 Å². The Balaban J connectivity index is 1.54. The topological polar surface area (TPSA) is 91.7 Å². The van der Waals surface area contributed by atoms with E-state index in [4.69, 9.17) is 5.10 Å². The number of imidazole rings is 1. The van der Waals surface area contributed by atoms with Crippen molar-refractivity contribution >= 4 is 16.9 Å². The van der Waals surface area contributed by atoms with Crippen molar-refractivity contribution in [3.05, 3.63) is 41.7 Å². The van der Waals surface area contributed by atoms with E-state index >= 15 is 0 Å². The maximum absolute atomic E-state index is 11.2. The number of amides is 1. The van der Waals surface area contributed by atoms with Crippen molar-refractivity contribution in [2.24, 2.45) is 0 Å². The van der Waals surface area contributed by atoms with Gasteiger partial charge in [0.2, 0.25) is 5.91 Å². The summed E-state index contributed by atoms with van der Waals surface area (Å²) in [6.45, 7) is 7.70. The molecule has 2 N–H and O–H groups in total. The smallest absolute Gasteiger partial charge is 0.216 e. The van der Waals surface area contributed by atoms with Gasteiger partial charge < -0.3 is 10.3 Å². The predicted octanol–water partition coefficient (Wildman–Crippen LogP) is 1.98. The number of hydrogen-bond donors (Lipinski definition) is 2. The first-order valence-corrected chi connectivity index (χ1v) is 9.89. The number of H-pyrrole nitrogens is 1. The van der Waals surface area contributed by atoms with Crippen LogP contribution in [0.5, 0.6) is 0 Å². The van der Waals surface area contributed by atoms with Gasteiger partial charge in [-0.1, -0.05) is 0 Å². The summed E-state index contributed by atoms with van der Waals surface area (Å²) in [5.41, 5.74) is 4.27. The second-order valence-corrected chi connectivity index (χ2v) is 7.51. The molecule has 0 radical (unpaired) electrons. The molecule has 0 unspecified atom stereocenters. The number of rotatable bonds is 6. The number of nitrogens with zero attached hydrogens (tertiary/aromatic N) is 5. The van der Waals surface area contributed by atoms with E-state index in [2.05, 4.69) is 38.2 Å². The van der Waals surface area contributed by atoms with Crippen molar-refractivity contribution in [2.45, 2.75) is 45.7 Å². The number of nitrogens with one attached hydrogen (secondary N) is 2. The second kappa shape index (κ2) is 8.10. The number of aromatic amines is 1. The molecule has 1 atom stereocenters. The lowest BCUT2D eigenvalue weighted by Crippen LogP contribution is -2.34. The highest BCUT2D eigenvalue weighted by atomic mass is 16.1. The molecule has 1 aliphatic rings. The number of piperidine rings is 1. The highest BCUT2D eigenvalue weighted by Crippen LogP contribution is 2.31. The number of aromatic nitrogens is 5. The summed E-state index contributed by atoms with van der Waals surface area (Å²) in [4.78, 5) is 25.8. The van der Waals surface area contributed by atoms with Crippen LogP contribution in [0.25, 0.3) is 11.0 Å². The minimum absolute atomic E-state index is 0.0266. The summed E-state index contributed by atoms with van der Waals surface area (Å²) in [6.07, 6.45) is 5.84. The Morgan fingerprint density at radius 3 is 3.07 bits per heavy atom. The molecule has 8 heteroatoms. The predicted molar refractivity (Wildman–Crippen MR) is 107 cm³/mol. The summed E-state index contributed by atoms with van der Waals surface area (Å²) in [5, 5.41) is 8.87. The first-order chi connectivity index (χ1) is 13.6. The quantitative estimate of drug-likeness (QED) is 0.681. The molecule has 28 heavy (non-hydrogen) atoms. The highest BCUT2D eigenvalue weighted by Gasteiger charge is 2.26. The van der Waals surface area contributed by atoms with E-state index in [1.165, 1.54) is 6.92 Å². The summed E-state index contributed by atoms with van der Waals surface area (Å²) in [6, 6.07) is 4.08. The van der Waals surface area contributed by atoms with E-state index in [9.17, 15) is 4.79 Å². The van der Waals surface area contributed by atoms with Crippen LogP contribution in [-0.4, -0.2) is 55.2 Å². The molecule has 0 bridgehead atoms. The fraction of sp³-hybridized carbons (Fsp3) is 0.500. The zero-order valence-electron chi connectivity index (χ0n) is 16.5. The Bertz CT molecular complexity index is 961. The normalized spacial score (nSPS) is 17.9. The van der Waals surface area contributed by atoms with Gasteiger partial charge in [-0.15, -0.1) is 0 Å². The molecule has 8 nitrogen and oxygen atoms in total. The molecule has 1 amide bonds. The van der Waals surface area contributed by atoms with E-state index < -0.39 is 0 Å². The molecule has 0 aliphatic carbocycles. The lowest BCUT2D eigenvalue weighted by Gasteiger charge is -2.31. The molecule has 0 saturated carbocycles. The third-order valence-electron chi connectivity index (χ3n) is 5.43. The molecule has 1 fully saturated rings. The fourth-order valence-corrected chi connectivity index (χ4v) is 4.01. The summed E-state index contributed by atoms with van der Waals surface area (Å²) in [5.74, 6) is 0.350. The zero-order chi connectivity index (χ0) is 19.5. The third kappa shape index (κ3) is 3.91. The second-order valence-electron chi connectivity index (χ2n) is 7.51. The van der Waals surface area contributed by atoms with Crippen LogP contribution < -0.4 is 5.32 Å². The number of aryl methyl sites for hydroxylation is 1. The van der Waals surface area contributed by atoms with Gasteiger partial charge in [0.1, 0.15) is 0 Å². The molecule has 0 spiro atoms. The van der Waals surface area contributed by atoms with Crippen LogP contribution in [0.4, 0.5) is 0 Å². The number of carbonyl (C=O) groups is 1. The largest absolute Gasteiger partial charge is 0.354 e. The summed E-state index contributed by atoms with van der Waals surface area (Å²) in [7, 11) is 0. The van der Waals surface area contributed by atoms with Crippen LogP contribution in [-0.2, 0) is 17.9 Å². The average molecular weight is 381 g/mol. The van der Waals surface area contributed by atoms with E-state index in [-0.39, 0.29) is 5.91 Å². The van der Waals surface area contributed by atoms with E-state index in [0.717, 1.165) is 60.6 Å². The number of pyridine rings is 1. The summed E-state index contributed by atoms with van der Waals surface area (Å²) >= 11 is 0. The van der Waals surface area contributed by atoms with Crippen LogP contribution in [0.2, 0.25) is 0 Å². The molecule has 148 valence electrons. The van der Waals surface area contributed by atoms with Crippen LogP contribution in [0.1, 0.15) is 42.8 Å². The molecule has 0 aromatic carbocycles. The van der Waals surface area contributed by atoms with Crippen molar-refractivity contribution in [3.63, 3.8) is 0 Å². The van der Waals surface area contributed by atoms with Crippen molar-refractivity contribution < 1.29 is 4.79 Å². The zero-order valence-corrected chi connectivity index (χ0v) is 16.5. The number of fused-ring (bicyclic) bond motifs is 1.